The zero-order valence-electron chi connectivity index (χ0n) is 11.7. The molecule has 0 amide bonds. The van der Waals surface area contributed by atoms with Crippen molar-refractivity contribution in [3.8, 4) is 6.07 Å². The molecule has 2 nitrogen and oxygen atoms in total. The molecule has 1 unspecified atom stereocenters. The van der Waals surface area contributed by atoms with E-state index in [-0.39, 0.29) is 5.92 Å². The van der Waals surface area contributed by atoms with Crippen LogP contribution in [0.5, 0.6) is 0 Å². The van der Waals surface area contributed by atoms with Crippen LogP contribution in [0.15, 0.2) is 72.8 Å². The average molecular weight is 272 g/mol. The Morgan fingerprint density at radius 2 is 1.57 bits per heavy atom. The Morgan fingerprint density at radius 1 is 0.857 bits per heavy atom. The fourth-order valence-electron chi connectivity index (χ4n) is 2.51. The fraction of sp³-hybridized carbons (Fsp3) is 0.105. The summed E-state index contributed by atoms with van der Waals surface area (Å²) in [7, 11) is 0. The van der Waals surface area contributed by atoms with E-state index in [9.17, 15) is 5.26 Å². The molecule has 0 bridgehead atoms. The molecule has 1 atom stereocenters. The number of nitrogens with one attached hydrogen (secondary N) is 1. The van der Waals surface area contributed by atoms with Gasteiger partial charge in [0.1, 0.15) is 0 Å². The summed E-state index contributed by atoms with van der Waals surface area (Å²) in [6.45, 7) is 0.606. The second-order valence-corrected chi connectivity index (χ2v) is 5.00. The van der Waals surface area contributed by atoms with Crippen molar-refractivity contribution in [1.82, 2.24) is 0 Å². The Hall–Kier alpha value is -2.79. The summed E-state index contributed by atoms with van der Waals surface area (Å²) in [6.07, 6.45) is 0. The Labute approximate surface area is 124 Å². The van der Waals surface area contributed by atoms with Crippen LogP contribution in [0, 0.1) is 11.3 Å². The highest BCUT2D eigenvalue weighted by atomic mass is 14.9. The van der Waals surface area contributed by atoms with Gasteiger partial charge in [0.2, 0.25) is 0 Å². The van der Waals surface area contributed by atoms with Gasteiger partial charge in [0.05, 0.1) is 12.0 Å². The second kappa shape index (κ2) is 6.11. The zero-order chi connectivity index (χ0) is 14.5. The van der Waals surface area contributed by atoms with E-state index >= 15 is 0 Å². The molecule has 3 aromatic rings. The van der Waals surface area contributed by atoms with Gasteiger partial charge in [-0.15, -0.1) is 0 Å². The van der Waals surface area contributed by atoms with Crippen molar-refractivity contribution in [3.63, 3.8) is 0 Å². The predicted octanol–water partition coefficient (Wildman–Crippen LogP) is 4.56. The first-order chi connectivity index (χ1) is 10.4. The molecule has 0 fully saturated rings. The van der Waals surface area contributed by atoms with Gasteiger partial charge in [-0.25, -0.2) is 0 Å². The molecule has 2 heteroatoms. The molecular formula is C19H16N2. The first-order valence-electron chi connectivity index (χ1n) is 7.04. The number of nitriles is 1. The molecule has 0 aliphatic rings. The molecule has 0 heterocycles. The second-order valence-electron chi connectivity index (χ2n) is 5.00. The van der Waals surface area contributed by atoms with E-state index in [2.05, 4.69) is 35.7 Å². The molecule has 0 saturated heterocycles. The van der Waals surface area contributed by atoms with Gasteiger partial charge in [0.15, 0.2) is 0 Å². The Kier molecular flexibility index (Phi) is 3.84. The van der Waals surface area contributed by atoms with Crippen LogP contribution in [0.25, 0.3) is 10.8 Å². The molecule has 0 radical (unpaired) electrons. The monoisotopic (exact) mass is 272 g/mol. The van der Waals surface area contributed by atoms with Gasteiger partial charge in [-0.1, -0.05) is 66.7 Å². The maximum atomic E-state index is 9.38. The van der Waals surface area contributed by atoms with E-state index in [4.69, 9.17) is 0 Å². The number of hydrogen-bond donors (Lipinski definition) is 1. The Balaban J connectivity index is 1.82. The van der Waals surface area contributed by atoms with Gasteiger partial charge in [-0.2, -0.15) is 5.26 Å². The minimum absolute atomic E-state index is 0.148. The van der Waals surface area contributed by atoms with Crippen LogP contribution in [-0.4, -0.2) is 6.54 Å². The van der Waals surface area contributed by atoms with Gasteiger partial charge < -0.3 is 5.32 Å². The highest BCUT2D eigenvalue weighted by molar-refractivity contribution is 5.93. The summed E-state index contributed by atoms with van der Waals surface area (Å²) in [5.41, 5.74) is 2.12. The van der Waals surface area contributed by atoms with Gasteiger partial charge in [-0.05, 0) is 17.0 Å². The maximum Gasteiger partial charge on any atom is 0.0885 e. The molecule has 1 N–H and O–H groups in total. The van der Waals surface area contributed by atoms with Crippen LogP contribution in [0.3, 0.4) is 0 Å². The summed E-state index contributed by atoms with van der Waals surface area (Å²) in [6, 6.07) is 26.7. The summed E-state index contributed by atoms with van der Waals surface area (Å²) in [5, 5.41) is 15.2. The normalized spacial score (nSPS) is 11.8. The standard InChI is InChI=1S/C19H16N2/c20-13-17(15-7-2-1-3-8-15)14-21-19-12-6-10-16-9-4-5-11-18(16)19/h1-12,17,21H,14H2. The van der Waals surface area contributed by atoms with E-state index in [1.807, 2.05) is 48.5 Å². The number of anilines is 1. The first kappa shape index (κ1) is 13.2. The topological polar surface area (TPSA) is 35.8 Å². The van der Waals surface area contributed by atoms with Crippen LogP contribution >= 0.6 is 0 Å². The van der Waals surface area contributed by atoms with Crippen molar-refractivity contribution < 1.29 is 0 Å². The highest BCUT2D eigenvalue weighted by Gasteiger charge is 2.10. The summed E-state index contributed by atoms with van der Waals surface area (Å²) < 4.78 is 0. The van der Waals surface area contributed by atoms with Gasteiger partial charge in [0.25, 0.3) is 0 Å². The zero-order valence-corrected chi connectivity index (χ0v) is 11.7. The molecule has 0 spiro atoms. The van der Waals surface area contributed by atoms with E-state index in [0.29, 0.717) is 6.54 Å². The third-order valence-corrected chi connectivity index (χ3v) is 3.64. The molecule has 3 rings (SSSR count). The van der Waals surface area contributed by atoms with Crippen LogP contribution in [0.4, 0.5) is 5.69 Å². The number of hydrogen-bond acceptors (Lipinski definition) is 2. The summed E-state index contributed by atoms with van der Waals surface area (Å²) >= 11 is 0. The number of nitrogens with zero attached hydrogens (tertiary/aromatic N) is 1. The molecular weight excluding hydrogens is 256 g/mol. The van der Waals surface area contributed by atoms with E-state index < -0.39 is 0 Å². The van der Waals surface area contributed by atoms with Crippen LogP contribution in [0.1, 0.15) is 11.5 Å². The number of fused-ring (bicyclic) bond motifs is 1. The van der Waals surface area contributed by atoms with Gasteiger partial charge >= 0.3 is 0 Å². The van der Waals surface area contributed by atoms with Crippen molar-refractivity contribution in [2.75, 3.05) is 11.9 Å². The minimum atomic E-state index is -0.148. The molecule has 21 heavy (non-hydrogen) atoms. The third kappa shape index (κ3) is 2.88. The SMILES string of the molecule is N#CC(CNc1cccc2ccccc12)c1ccccc1. The lowest BCUT2D eigenvalue weighted by Gasteiger charge is -2.13. The van der Waals surface area contributed by atoms with Crippen LogP contribution in [-0.2, 0) is 0 Å². The molecule has 0 saturated carbocycles. The average Bonchev–Trinajstić information content (AvgIpc) is 2.56. The number of rotatable bonds is 4. The third-order valence-electron chi connectivity index (χ3n) is 3.64. The molecule has 102 valence electrons. The molecule has 0 aliphatic carbocycles. The van der Waals surface area contributed by atoms with Crippen LogP contribution in [0.2, 0.25) is 0 Å². The summed E-state index contributed by atoms with van der Waals surface area (Å²) in [4.78, 5) is 0. The van der Waals surface area contributed by atoms with Crippen molar-refractivity contribution in [2.24, 2.45) is 0 Å². The molecule has 3 aromatic carbocycles. The van der Waals surface area contributed by atoms with E-state index in [1.54, 1.807) is 0 Å². The van der Waals surface area contributed by atoms with Crippen molar-refractivity contribution in [2.45, 2.75) is 5.92 Å². The lowest BCUT2D eigenvalue weighted by Crippen LogP contribution is -2.11. The van der Waals surface area contributed by atoms with Crippen LogP contribution < -0.4 is 5.32 Å². The van der Waals surface area contributed by atoms with Gasteiger partial charge in [0, 0.05) is 17.6 Å². The summed E-state index contributed by atoms with van der Waals surface area (Å²) in [5.74, 6) is -0.148. The smallest absolute Gasteiger partial charge is 0.0885 e. The fourth-order valence-corrected chi connectivity index (χ4v) is 2.51. The first-order valence-corrected chi connectivity index (χ1v) is 7.04. The lowest BCUT2D eigenvalue weighted by atomic mass is 10.0. The van der Waals surface area contributed by atoms with E-state index in [0.717, 1.165) is 11.3 Å². The van der Waals surface area contributed by atoms with Gasteiger partial charge in [-0.3, -0.25) is 0 Å². The Morgan fingerprint density at radius 3 is 2.38 bits per heavy atom. The van der Waals surface area contributed by atoms with E-state index in [1.165, 1.54) is 10.8 Å². The predicted molar refractivity (Wildman–Crippen MR) is 87.2 cm³/mol. The molecule has 0 aromatic heterocycles. The van der Waals surface area contributed by atoms with Crippen molar-refractivity contribution in [3.05, 3.63) is 78.4 Å². The number of benzene rings is 3. The lowest BCUT2D eigenvalue weighted by molar-refractivity contribution is 0.902. The Bertz CT molecular complexity index is 767. The largest absolute Gasteiger partial charge is 0.383 e. The van der Waals surface area contributed by atoms with Crippen molar-refractivity contribution in [1.29, 1.82) is 5.26 Å². The molecule has 0 aliphatic heterocycles. The minimum Gasteiger partial charge on any atom is -0.383 e. The van der Waals surface area contributed by atoms with Crippen molar-refractivity contribution >= 4 is 16.5 Å². The highest BCUT2D eigenvalue weighted by Crippen LogP contribution is 2.24. The quantitative estimate of drug-likeness (QED) is 0.755. The maximum absolute atomic E-state index is 9.38.